The smallest absolute Gasteiger partial charge is 0.317 e. The number of thiazole rings is 1. The molecular formula is C15H25N3O2S. The van der Waals surface area contributed by atoms with Crippen molar-refractivity contribution in [3.63, 3.8) is 0 Å². The van der Waals surface area contributed by atoms with E-state index in [1.807, 2.05) is 13.8 Å². The molecule has 1 heterocycles. The van der Waals surface area contributed by atoms with Crippen LogP contribution in [0.1, 0.15) is 41.3 Å². The molecule has 5 nitrogen and oxygen atoms in total. The zero-order valence-corrected chi connectivity index (χ0v) is 13.9. The molecule has 21 heavy (non-hydrogen) atoms. The highest BCUT2D eigenvalue weighted by atomic mass is 32.1. The van der Waals surface area contributed by atoms with Gasteiger partial charge in [-0.15, -0.1) is 11.3 Å². The van der Waals surface area contributed by atoms with E-state index in [-0.39, 0.29) is 18.1 Å². The molecule has 1 aliphatic carbocycles. The minimum Gasteiger partial charge on any atom is -0.393 e. The first-order chi connectivity index (χ1) is 9.97. The highest BCUT2D eigenvalue weighted by molar-refractivity contribution is 7.11. The number of carbonyl (C=O) groups is 1. The number of nitrogens with zero attached hydrogens (tertiary/aromatic N) is 2. The minimum atomic E-state index is -0.264. The summed E-state index contributed by atoms with van der Waals surface area (Å²) in [5, 5.41) is 13.9. The summed E-state index contributed by atoms with van der Waals surface area (Å²) in [6.45, 7) is 5.08. The number of nitrogens with one attached hydrogen (secondary N) is 1. The number of hydrogen-bond acceptors (Lipinski definition) is 4. The molecule has 2 unspecified atom stereocenters. The first-order valence-corrected chi connectivity index (χ1v) is 8.39. The number of amides is 2. The van der Waals surface area contributed by atoms with Gasteiger partial charge in [-0.1, -0.05) is 12.8 Å². The van der Waals surface area contributed by atoms with Crippen LogP contribution in [0.15, 0.2) is 0 Å². The Hall–Kier alpha value is -1.14. The second-order valence-electron chi connectivity index (χ2n) is 5.89. The minimum absolute atomic E-state index is 0.0850. The van der Waals surface area contributed by atoms with Gasteiger partial charge in [0.25, 0.3) is 0 Å². The number of urea groups is 1. The summed E-state index contributed by atoms with van der Waals surface area (Å²) in [6.07, 6.45) is 3.85. The van der Waals surface area contributed by atoms with Crippen LogP contribution in [0.2, 0.25) is 0 Å². The van der Waals surface area contributed by atoms with Crippen molar-refractivity contribution in [2.24, 2.45) is 5.92 Å². The maximum Gasteiger partial charge on any atom is 0.317 e. The molecule has 0 saturated heterocycles. The van der Waals surface area contributed by atoms with Gasteiger partial charge in [-0.05, 0) is 26.7 Å². The van der Waals surface area contributed by atoms with Crippen molar-refractivity contribution in [1.82, 2.24) is 15.2 Å². The molecule has 0 aromatic carbocycles. The lowest BCUT2D eigenvalue weighted by atomic mass is 9.86. The van der Waals surface area contributed by atoms with Crippen molar-refractivity contribution >= 4 is 17.4 Å². The number of carbonyl (C=O) groups excluding carboxylic acids is 1. The molecule has 2 atom stereocenters. The van der Waals surface area contributed by atoms with E-state index >= 15 is 0 Å². The predicted octanol–water partition coefficient (Wildman–Crippen LogP) is 2.45. The van der Waals surface area contributed by atoms with E-state index in [0.717, 1.165) is 41.3 Å². The van der Waals surface area contributed by atoms with Crippen LogP contribution in [0.5, 0.6) is 0 Å². The van der Waals surface area contributed by atoms with Gasteiger partial charge in [0.15, 0.2) is 0 Å². The van der Waals surface area contributed by atoms with Gasteiger partial charge in [-0.25, -0.2) is 9.78 Å². The number of aryl methyl sites for hydroxylation is 2. The van der Waals surface area contributed by atoms with Crippen molar-refractivity contribution in [2.45, 2.75) is 52.2 Å². The predicted molar refractivity (Wildman–Crippen MR) is 84.4 cm³/mol. The van der Waals surface area contributed by atoms with Gasteiger partial charge in [0, 0.05) is 24.4 Å². The van der Waals surface area contributed by atoms with E-state index < -0.39 is 0 Å². The Morgan fingerprint density at radius 3 is 2.76 bits per heavy atom. The number of aliphatic hydroxyl groups is 1. The topological polar surface area (TPSA) is 65.5 Å². The third-order valence-electron chi connectivity index (χ3n) is 4.12. The average molecular weight is 311 g/mol. The van der Waals surface area contributed by atoms with Gasteiger partial charge >= 0.3 is 6.03 Å². The third-order valence-corrected chi connectivity index (χ3v) is 5.20. The Bertz CT molecular complexity index is 489. The first kappa shape index (κ1) is 16.2. The first-order valence-electron chi connectivity index (χ1n) is 7.57. The standard InChI is InChI=1S/C15H25N3O2S/c1-10-14(21-11(2)17-10)8-16-15(20)18(3)9-12-6-4-5-7-13(12)19/h12-13,19H,4-9H2,1-3H3,(H,16,20). The molecule has 2 amide bonds. The van der Waals surface area contributed by atoms with Gasteiger partial charge in [0.2, 0.25) is 0 Å². The molecule has 6 heteroatoms. The number of rotatable bonds is 4. The maximum absolute atomic E-state index is 12.1. The van der Waals surface area contributed by atoms with Crippen LogP contribution >= 0.6 is 11.3 Å². The van der Waals surface area contributed by atoms with Gasteiger partial charge in [0.05, 0.1) is 23.4 Å². The lowest BCUT2D eigenvalue weighted by molar-refractivity contribution is 0.0565. The Morgan fingerprint density at radius 1 is 1.43 bits per heavy atom. The number of aliphatic hydroxyl groups excluding tert-OH is 1. The zero-order valence-electron chi connectivity index (χ0n) is 13.1. The average Bonchev–Trinajstić information content (AvgIpc) is 2.76. The second kappa shape index (κ2) is 7.22. The van der Waals surface area contributed by atoms with Gasteiger partial charge in [0.1, 0.15) is 0 Å². The zero-order chi connectivity index (χ0) is 15.4. The van der Waals surface area contributed by atoms with E-state index in [2.05, 4.69) is 10.3 Å². The van der Waals surface area contributed by atoms with E-state index in [9.17, 15) is 9.90 Å². The molecule has 1 saturated carbocycles. The summed E-state index contributed by atoms with van der Waals surface area (Å²) in [6, 6.07) is -0.0850. The quantitative estimate of drug-likeness (QED) is 0.897. The lowest BCUT2D eigenvalue weighted by Gasteiger charge is -2.31. The Balaban J connectivity index is 1.80. The second-order valence-corrected chi connectivity index (χ2v) is 7.18. The highest BCUT2D eigenvalue weighted by Crippen LogP contribution is 2.25. The van der Waals surface area contributed by atoms with Crippen LogP contribution in [0.25, 0.3) is 0 Å². The van der Waals surface area contributed by atoms with Crippen LogP contribution in [0, 0.1) is 19.8 Å². The molecular weight excluding hydrogens is 286 g/mol. The summed E-state index contributed by atoms with van der Waals surface area (Å²) in [7, 11) is 1.79. The summed E-state index contributed by atoms with van der Waals surface area (Å²) < 4.78 is 0. The fraction of sp³-hybridized carbons (Fsp3) is 0.733. The van der Waals surface area contributed by atoms with Crippen LogP contribution < -0.4 is 5.32 Å². The van der Waals surface area contributed by atoms with Crippen LogP contribution in [0.4, 0.5) is 4.79 Å². The van der Waals surface area contributed by atoms with Gasteiger partial charge in [-0.2, -0.15) is 0 Å². The molecule has 1 fully saturated rings. The molecule has 0 radical (unpaired) electrons. The Labute approximate surface area is 130 Å². The molecule has 2 N–H and O–H groups in total. The lowest BCUT2D eigenvalue weighted by Crippen LogP contribution is -2.42. The third kappa shape index (κ3) is 4.41. The molecule has 1 aromatic heterocycles. The van der Waals surface area contributed by atoms with Gasteiger partial charge < -0.3 is 15.3 Å². The number of aromatic nitrogens is 1. The molecule has 118 valence electrons. The maximum atomic E-state index is 12.1. The molecule has 1 aromatic rings. The molecule has 0 aliphatic heterocycles. The van der Waals surface area contributed by atoms with Crippen LogP contribution in [0.3, 0.4) is 0 Å². The van der Waals surface area contributed by atoms with E-state index in [4.69, 9.17) is 0 Å². The summed E-state index contributed by atoms with van der Waals surface area (Å²) >= 11 is 1.62. The van der Waals surface area contributed by atoms with Crippen molar-refractivity contribution in [3.8, 4) is 0 Å². The highest BCUT2D eigenvalue weighted by Gasteiger charge is 2.25. The summed E-state index contributed by atoms with van der Waals surface area (Å²) in [5.74, 6) is 0.210. The van der Waals surface area contributed by atoms with Crippen molar-refractivity contribution in [1.29, 1.82) is 0 Å². The van der Waals surface area contributed by atoms with Crippen molar-refractivity contribution in [3.05, 3.63) is 15.6 Å². The fourth-order valence-electron chi connectivity index (χ4n) is 2.86. The van der Waals surface area contributed by atoms with Crippen molar-refractivity contribution in [2.75, 3.05) is 13.6 Å². The van der Waals surface area contributed by atoms with E-state index in [0.29, 0.717) is 13.1 Å². The SMILES string of the molecule is Cc1nc(C)c(CNC(=O)N(C)CC2CCCCC2O)s1. The number of hydrogen-bond donors (Lipinski definition) is 2. The molecule has 2 rings (SSSR count). The molecule has 1 aliphatic rings. The van der Waals surface area contributed by atoms with E-state index in [1.54, 1.807) is 23.3 Å². The molecule has 0 spiro atoms. The Morgan fingerprint density at radius 2 is 2.14 bits per heavy atom. The van der Waals surface area contributed by atoms with Crippen LogP contribution in [-0.4, -0.2) is 40.7 Å². The fourth-order valence-corrected chi connectivity index (χ4v) is 3.74. The largest absolute Gasteiger partial charge is 0.393 e. The monoisotopic (exact) mass is 311 g/mol. The van der Waals surface area contributed by atoms with Gasteiger partial charge in [-0.3, -0.25) is 0 Å². The molecule has 0 bridgehead atoms. The van der Waals surface area contributed by atoms with Crippen molar-refractivity contribution < 1.29 is 9.90 Å². The Kier molecular flexibility index (Phi) is 5.58. The normalized spacial score (nSPS) is 22.1. The van der Waals surface area contributed by atoms with E-state index in [1.165, 1.54) is 0 Å². The van der Waals surface area contributed by atoms with Crippen LogP contribution in [-0.2, 0) is 6.54 Å². The summed E-state index contributed by atoms with van der Waals surface area (Å²) in [5.41, 5.74) is 0.989. The summed E-state index contributed by atoms with van der Waals surface area (Å²) in [4.78, 5) is 19.3.